The molecule has 0 aliphatic carbocycles. The van der Waals surface area contributed by atoms with Gasteiger partial charge in [0.05, 0.1) is 12.8 Å². The van der Waals surface area contributed by atoms with Crippen molar-refractivity contribution in [3.8, 4) is 0 Å². The number of aliphatic carboxylic acids is 4. The number of carboxylic acids is 4. The highest BCUT2D eigenvalue weighted by Gasteiger charge is 2.40. The van der Waals surface area contributed by atoms with Crippen molar-refractivity contribution in [1.29, 1.82) is 0 Å². The van der Waals surface area contributed by atoms with Crippen molar-refractivity contribution in [2.45, 2.75) is 25.4 Å². The Bertz CT molecular complexity index is 366. The molecule has 0 heterocycles. The lowest BCUT2D eigenvalue weighted by Gasteiger charge is -2.18. The average molecular weight is 278 g/mol. The molecule has 0 aliphatic rings. The summed E-state index contributed by atoms with van der Waals surface area (Å²) in [5.74, 6) is -5.91. The summed E-state index contributed by atoms with van der Waals surface area (Å²) in [5.41, 5.74) is -2.74. The minimum Gasteiger partial charge on any atom is -0.481 e. The molecule has 0 bridgehead atoms. The number of aliphatic hydroxyl groups is 1. The van der Waals surface area contributed by atoms with E-state index in [4.69, 9.17) is 25.5 Å². The van der Waals surface area contributed by atoms with E-state index in [0.29, 0.717) is 0 Å². The van der Waals surface area contributed by atoms with Crippen LogP contribution in [0.25, 0.3) is 0 Å². The molecule has 9 nitrogen and oxygen atoms in total. The van der Waals surface area contributed by atoms with Gasteiger partial charge in [-0.15, -0.1) is 0 Å². The Morgan fingerprint density at radius 1 is 0.947 bits per heavy atom. The minimum atomic E-state index is -2.74. The third-order valence-corrected chi connectivity index (χ3v) is 1.59. The standard InChI is InChI=1S/C6H8O7.C4H6O2/c7-3(8)1-6(13,5(11)12)2-4(9)10;1-2-3-4(5)6/h13H,1-2H2,(H,7,8)(H,9,10)(H,11,12);2-3H,1H3,(H,5,6). The Balaban J connectivity index is 0. The highest BCUT2D eigenvalue weighted by atomic mass is 16.4. The molecule has 0 aromatic heterocycles. The molecule has 0 saturated heterocycles. The normalized spacial score (nSPS) is 10.4. The predicted molar refractivity (Wildman–Crippen MR) is 59.5 cm³/mol. The van der Waals surface area contributed by atoms with Crippen molar-refractivity contribution in [2.75, 3.05) is 0 Å². The fraction of sp³-hybridized carbons (Fsp3) is 0.400. The van der Waals surface area contributed by atoms with Gasteiger partial charge >= 0.3 is 23.9 Å². The van der Waals surface area contributed by atoms with Gasteiger partial charge in [0, 0.05) is 6.08 Å². The predicted octanol–water partition coefficient (Wildman–Crippen LogP) is -0.601. The largest absolute Gasteiger partial charge is 0.481 e. The van der Waals surface area contributed by atoms with Crippen LogP contribution in [0, 0.1) is 0 Å². The molecule has 0 fully saturated rings. The number of hydrogen-bond donors (Lipinski definition) is 5. The summed E-state index contributed by atoms with van der Waals surface area (Å²) in [6.07, 6.45) is 0.269. The van der Waals surface area contributed by atoms with Crippen LogP contribution >= 0.6 is 0 Å². The number of rotatable bonds is 6. The first-order valence-electron chi connectivity index (χ1n) is 4.80. The van der Waals surface area contributed by atoms with Crippen molar-refractivity contribution in [3.63, 3.8) is 0 Å². The first kappa shape index (κ1) is 18.9. The second kappa shape index (κ2) is 8.64. The van der Waals surface area contributed by atoms with E-state index in [0.717, 1.165) is 6.08 Å². The zero-order valence-corrected chi connectivity index (χ0v) is 9.94. The van der Waals surface area contributed by atoms with Gasteiger partial charge in [0.15, 0.2) is 5.60 Å². The third-order valence-electron chi connectivity index (χ3n) is 1.59. The molecule has 9 heteroatoms. The van der Waals surface area contributed by atoms with Crippen LogP contribution in [0.15, 0.2) is 12.2 Å². The molecule has 5 N–H and O–H groups in total. The number of carbonyl (C=O) groups is 4. The Hall–Kier alpha value is -2.42. The summed E-state index contributed by atoms with van der Waals surface area (Å²) in [6, 6.07) is 0. The van der Waals surface area contributed by atoms with Crippen LogP contribution in [0.1, 0.15) is 19.8 Å². The Morgan fingerprint density at radius 3 is 1.42 bits per heavy atom. The topological polar surface area (TPSA) is 169 Å². The van der Waals surface area contributed by atoms with Gasteiger partial charge < -0.3 is 25.5 Å². The maximum Gasteiger partial charge on any atom is 0.336 e. The van der Waals surface area contributed by atoms with Gasteiger partial charge in [-0.05, 0) is 6.92 Å². The van der Waals surface area contributed by atoms with Crippen LogP contribution < -0.4 is 0 Å². The van der Waals surface area contributed by atoms with Crippen LogP contribution in [-0.4, -0.2) is 55.0 Å². The Morgan fingerprint density at radius 2 is 1.32 bits per heavy atom. The zero-order valence-electron chi connectivity index (χ0n) is 9.94. The second-order valence-corrected chi connectivity index (χ2v) is 3.32. The van der Waals surface area contributed by atoms with Crippen LogP contribution in [0.5, 0.6) is 0 Å². The summed E-state index contributed by atoms with van der Waals surface area (Å²) in [7, 11) is 0. The van der Waals surface area contributed by atoms with E-state index in [1.54, 1.807) is 6.92 Å². The van der Waals surface area contributed by atoms with E-state index in [9.17, 15) is 19.2 Å². The fourth-order valence-corrected chi connectivity index (χ4v) is 0.857. The van der Waals surface area contributed by atoms with Crippen LogP contribution in [0.4, 0.5) is 0 Å². The van der Waals surface area contributed by atoms with Crippen molar-refractivity contribution < 1.29 is 44.7 Å². The highest BCUT2D eigenvalue weighted by Crippen LogP contribution is 2.15. The monoisotopic (exact) mass is 278 g/mol. The lowest BCUT2D eigenvalue weighted by Crippen LogP contribution is -2.42. The molecule has 108 valence electrons. The first-order valence-corrected chi connectivity index (χ1v) is 4.80. The Kier molecular flexibility index (Phi) is 8.61. The molecule has 0 amide bonds. The lowest BCUT2D eigenvalue weighted by molar-refractivity contribution is -0.170. The molecule has 0 saturated carbocycles. The van der Waals surface area contributed by atoms with E-state index in [-0.39, 0.29) is 0 Å². The highest BCUT2D eigenvalue weighted by molar-refractivity contribution is 5.88. The van der Waals surface area contributed by atoms with Crippen molar-refractivity contribution in [2.24, 2.45) is 0 Å². The van der Waals surface area contributed by atoms with Crippen LogP contribution in [0.2, 0.25) is 0 Å². The van der Waals surface area contributed by atoms with Gasteiger partial charge in [0.2, 0.25) is 0 Å². The van der Waals surface area contributed by atoms with Gasteiger partial charge in [0.25, 0.3) is 0 Å². The van der Waals surface area contributed by atoms with Crippen LogP contribution in [0.3, 0.4) is 0 Å². The van der Waals surface area contributed by atoms with Crippen molar-refractivity contribution in [1.82, 2.24) is 0 Å². The molecule has 0 rings (SSSR count). The quantitative estimate of drug-likeness (QED) is 0.398. The van der Waals surface area contributed by atoms with Crippen LogP contribution in [-0.2, 0) is 19.2 Å². The molecule has 0 radical (unpaired) electrons. The molecule has 0 spiro atoms. The second-order valence-electron chi connectivity index (χ2n) is 3.32. The Labute approximate surface area is 107 Å². The first-order chi connectivity index (χ1) is 8.55. The van der Waals surface area contributed by atoms with E-state index < -0.39 is 42.3 Å². The molecule has 0 aromatic rings. The van der Waals surface area contributed by atoms with Gasteiger partial charge in [-0.2, -0.15) is 0 Å². The average Bonchev–Trinajstić information content (AvgIpc) is 2.14. The maximum absolute atomic E-state index is 10.3. The number of hydrogen-bond acceptors (Lipinski definition) is 5. The van der Waals surface area contributed by atoms with Gasteiger partial charge in [-0.3, -0.25) is 9.59 Å². The van der Waals surface area contributed by atoms with E-state index in [2.05, 4.69) is 0 Å². The minimum absolute atomic E-state index is 0.891. The summed E-state index contributed by atoms with van der Waals surface area (Å²) in [5, 5.41) is 41.6. The number of carboxylic acid groups (broad SMARTS) is 4. The van der Waals surface area contributed by atoms with Crippen molar-refractivity contribution >= 4 is 23.9 Å². The summed E-state index contributed by atoms with van der Waals surface area (Å²) >= 11 is 0. The molecule has 0 atom stereocenters. The molecule has 19 heavy (non-hydrogen) atoms. The summed E-state index contributed by atoms with van der Waals surface area (Å²) < 4.78 is 0. The van der Waals surface area contributed by atoms with Gasteiger partial charge in [-0.1, -0.05) is 6.08 Å². The fourth-order valence-electron chi connectivity index (χ4n) is 0.857. The van der Waals surface area contributed by atoms with E-state index >= 15 is 0 Å². The number of allylic oxidation sites excluding steroid dienone is 1. The SMILES string of the molecule is CC=CC(=O)O.O=C(O)CC(O)(CC(=O)O)C(=O)O. The summed E-state index contributed by atoms with van der Waals surface area (Å²) in [4.78, 5) is 40.0. The van der Waals surface area contributed by atoms with Gasteiger partial charge in [0.1, 0.15) is 0 Å². The lowest BCUT2D eigenvalue weighted by atomic mass is 9.96. The van der Waals surface area contributed by atoms with E-state index in [1.165, 1.54) is 6.08 Å². The smallest absolute Gasteiger partial charge is 0.336 e. The molecule has 0 unspecified atom stereocenters. The summed E-state index contributed by atoms with van der Waals surface area (Å²) in [6.45, 7) is 1.66. The molecule has 0 aromatic carbocycles. The third kappa shape index (κ3) is 10.5. The van der Waals surface area contributed by atoms with Crippen molar-refractivity contribution in [3.05, 3.63) is 12.2 Å². The van der Waals surface area contributed by atoms with Gasteiger partial charge in [-0.25, -0.2) is 9.59 Å². The van der Waals surface area contributed by atoms with E-state index in [1.807, 2.05) is 0 Å². The molecule has 0 aliphatic heterocycles. The molecular weight excluding hydrogens is 264 g/mol. The molecular formula is C10H14O9. The zero-order chi connectivity index (χ0) is 15.6. The maximum atomic E-state index is 10.3.